The van der Waals surface area contributed by atoms with Gasteiger partial charge in [-0.2, -0.15) is 0 Å². The summed E-state index contributed by atoms with van der Waals surface area (Å²) in [7, 11) is 0. The Hall–Kier alpha value is -3.21. The van der Waals surface area contributed by atoms with Crippen LogP contribution < -0.4 is 5.32 Å². The second kappa shape index (κ2) is 6.36. The highest BCUT2D eigenvalue weighted by Gasteiger charge is 2.05. The lowest BCUT2D eigenvalue weighted by molar-refractivity contribution is 1.02. The topological polar surface area (TPSA) is 55.6 Å². The zero-order valence-corrected chi connectivity index (χ0v) is 14.3. The summed E-state index contributed by atoms with van der Waals surface area (Å²) in [5.41, 5.74) is 6.23. The molecule has 4 rings (SSSR count). The molecule has 0 bridgehead atoms. The van der Waals surface area contributed by atoms with Crippen LogP contribution in [0.5, 0.6) is 0 Å². The Bertz CT molecular complexity index is 1020. The number of hydrogen-bond acceptors (Lipinski definition) is 4. The lowest BCUT2D eigenvalue weighted by atomic mass is 10.2. The normalized spacial score (nSPS) is 11.0. The van der Waals surface area contributed by atoms with Gasteiger partial charge < -0.3 is 5.32 Å². The third-order valence-electron chi connectivity index (χ3n) is 4.20. The minimum absolute atomic E-state index is 0.712. The van der Waals surface area contributed by atoms with Crippen molar-refractivity contribution in [3.63, 3.8) is 0 Å². The Balaban J connectivity index is 1.53. The number of nitrogens with zero attached hydrogens (tertiary/aromatic N) is 4. The molecule has 0 unspecified atom stereocenters. The molecule has 2 aromatic carbocycles. The molecule has 0 aliphatic rings. The Morgan fingerprint density at radius 2 is 1.76 bits per heavy atom. The van der Waals surface area contributed by atoms with Crippen molar-refractivity contribution in [2.45, 2.75) is 20.4 Å². The molecule has 0 spiro atoms. The van der Waals surface area contributed by atoms with Crippen LogP contribution in [0.15, 0.2) is 61.1 Å². The molecule has 0 radical (unpaired) electrons. The van der Waals surface area contributed by atoms with E-state index in [1.54, 1.807) is 6.20 Å². The fraction of sp³-hybridized carbons (Fsp3) is 0.150. The van der Waals surface area contributed by atoms with Crippen molar-refractivity contribution >= 4 is 16.9 Å². The van der Waals surface area contributed by atoms with Gasteiger partial charge >= 0.3 is 0 Å². The first kappa shape index (κ1) is 15.3. The Morgan fingerprint density at radius 3 is 2.60 bits per heavy atom. The summed E-state index contributed by atoms with van der Waals surface area (Å²) in [5.74, 6) is 0.838. The van der Waals surface area contributed by atoms with E-state index in [9.17, 15) is 0 Å². The standard InChI is InChI=1S/C20H19N5/c1-14-11-21-15(2)20(24-14)22-12-16-7-9-17(10-8-16)25-13-23-18-5-3-4-6-19(18)25/h3-11,13H,12H2,1-2H3,(H,22,24). The summed E-state index contributed by atoms with van der Waals surface area (Å²) in [6, 6.07) is 16.6. The van der Waals surface area contributed by atoms with Crippen LogP contribution in [0.3, 0.4) is 0 Å². The average Bonchev–Trinajstić information content (AvgIpc) is 3.07. The molecule has 0 aliphatic heterocycles. The maximum absolute atomic E-state index is 4.49. The number of nitrogens with one attached hydrogen (secondary N) is 1. The maximum Gasteiger partial charge on any atom is 0.148 e. The summed E-state index contributed by atoms with van der Waals surface area (Å²) < 4.78 is 2.10. The van der Waals surface area contributed by atoms with Crippen molar-refractivity contribution in [1.82, 2.24) is 19.5 Å². The Kier molecular flexibility index (Phi) is 3.90. The molecule has 5 nitrogen and oxygen atoms in total. The van der Waals surface area contributed by atoms with E-state index >= 15 is 0 Å². The van der Waals surface area contributed by atoms with Crippen LogP contribution in [-0.4, -0.2) is 19.5 Å². The van der Waals surface area contributed by atoms with Crippen LogP contribution in [-0.2, 0) is 6.54 Å². The lowest BCUT2D eigenvalue weighted by Gasteiger charge is -2.10. The molecule has 0 atom stereocenters. The molecule has 0 fully saturated rings. The van der Waals surface area contributed by atoms with Crippen molar-refractivity contribution in [1.29, 1.82) is 0 Å². The Labute approximate surface area is 146 Å². The second-order valence-corrected chi connectivity index (χ2v) is 6.07. The predicted octanol–water partition coefficient (Wildman–Crippen LogP) is 4.04. The molecule has 124 valence electrons. The number of aromatic nitrogens is 4. The van der Waals surface area contributed by atoms with Gasteiger partial charge in [-0.15, -0.1) is 0 Å². The van der Waals surface area contributed by atoms with Gasteiger partial charge in [0, 0.05) is 18.4 Å². The van der Waals surface area contributed by atoms with Gasteiger partial charge in [0.15, 0.2) is 0 Å². The van der Waals surface area contributed by atoms with Gasteiger partial charge in [0.05, 0.1) is 22.4 Å². The number of fused-ring (bicyclic) bond motifs is 1. The molecule has 0 saturated heterocycles. The summed E-state index contributed by atoms with van der Waals surface area (Å²) >= 11 is 0. The van der Waals surface area contributed by atoms with E-state index in [0.717, 1.165) is 33.9 Å². The van der Waals surface area contributed by atoms with E-state index in [4.69, 9.17) is 0 Å². The first-order valence-corrected chi connectivity index (χ1v) is 8.26. The van der Waals surface area contributed by atoms with Crippen LogP contribution in [0.4, 0.5) is 5.82 Å². The molecule has 4 aromatic rings. The predicted molar refractivity (Wildman–Crippen MR) is 99.9 cm³/mol. The largest absolute Gasteiger partial charge is 0.364 e. The van der Waals surface area contributed by atoms with E-state index in [-0.39, 0.29) is 0 Å². The van der Waals surface area contributed by atoms with Gasteiger partial charge in [-0.3, -0.25) is 9.55 Å². The first-order chi connectivity index (χ1) is 12.2. The van der Waals surface area contributed by atoms with E-state index in [1.165, 1.54) is 5.56 Å². The molecular weight excluding hydrogens is 310 g/mol. The van der Waals surface area contributed by atoms with Crippen LogP contribution in [0.2, 0.25) is 0 Å². The van der Waals surface area contributed by atoms with Crippen molar-refractivity contribution in [3.8, 4) is 5.69 Å². The molecule has 25 heavy (non-hydrogen) atoms. The van der Waals surface area contributed by atoms with Crippen LogP contribution in [0.25, 0.3) is 16.7 Å². The second-order valence-electron chi connectivity index (χ2n) is 6.07. The monoisotopic (exact) mass is 329 g/mol. The highest BCUT2D eigenvalue weighted by molar-refractivity contribution is 5.77. The molecule has 2 heterocycles. The van der Waals surface area contributed by atoms with E-state index in [0.29, 0.717) is 6.54 Å². The molecular formula is C20H19N5. The minimum Gasteiger partial charge on any atom is -0.364 e. The molecule has 2 aromatic heterocycles. The molecule has 5 heteroatoms. The third-order valence-corrected chi connectivity index (χ3v) is 4.20. The number of imidazole rings is 1. The fourth-order valence-electron chi connectivity index (χ4n) is 2.83. The van der Waals surface area contributed by atoms with Crippen LogP contribution in [0, 0.1) is 13.8 Å². The lowest BCUT2D eigenvalue weighted by Crippen LogP contribution is -2.05. The van der Waals surface area contributed by atoms with Gasteiger partial charge in [0.1, 0.15) is 12.1 Å². The van der Waals surface area contributed by atoms with Gasteiger partial charge in [0.25, 0.3) is 0 Å². The average molecular weight is 329 g/mol. The molecule has 0 aliphatic carbocycles. The number of aryl methyl sites for hydroxylation is 2. The quantitative estimate of drug-likeness (QED) is 0.614. The van der Waals surface area contributed by atoms with Gasteiger partial charge in [-0.05, 0) is 43.7 Å². The zero-order valence-electron chi connectivity index (χ0n) is 14.3. The minimum atomic E-state index is 0.712. The SMILES string of the molecule is Cc1cnc(C)c(NCc2ccc(-n3cnc4ccccc43)cc2)n1. The summed E-state index contributed by atoms with van der Waals surface area (Å²) in [6.45, 7) is 4.62. The van der Waals surface area contributed by atoms with Crippen molar-refractivity contribution < 1.29 is 0 Å². The third kappa shape index (κ3) is 3.08. The number of para-hydroxylation sites is 2. The van der Waals surface area contributed by atoms with E-state index in [1.807, 2.05) is 38.4 Å². The summed E-state index contributed by atoms with van der Waals surface area (Å²) in [6.07, 6.45) is 3.65. The van der Waals surface area contributed by atoms with Crippen molar-refractivity contribution in [2.24, 2.45) is 0 Å². The molecule has 0 amide bonds. The van der Waals surface area contributed by atoms with Crippen LogP contribution in [0.1, 0.15) is 17.0 Å². The summed E-state index contributed by atoms with van der Waals surface area (Å²) in [4.78, 5) is 13.3. The first-order valence-electron chi connectivity index (χ1n) is 8.26. The molecule has 1 N–H and O–H groups in total. The summed E-state index contributed by atoms with van der Waals surface area (Å²) in [5, 5.41) is 3.36. The van der Waals surface area contributed by atoms with Gasteiger partial charge in [-0.25, -0.2) is 9.97 Å². The Morgan fingerprint density at radius 1 is 0.960 bits per heavy atom. The number of rotatable bonds is 4. The van der Waals surface area contributed by atoms with E-state index in [2.05, 4.69) is 55.2 Å². The smallest absolute Gasteiger partial charge is 0.148 e. The number of hydrogen-bond donors (Lipinski definition) is 1. The highest BCUT2D eigenvalue weighted by atomic mass is 15.0. The fourth-order valence-corrected chi connectivity index (χ4v) is 2.83. The van der Waals surface area contributed by atoms with Crippen molar-refractivity contribution in [3.05, 3.63) is 78.0 Å². The highest BCUT2D eigenvalue weighted by Crippen LogP contribution is 2.19. The molecule has 0 saturated carbocycles. The maximum atomic E-state index is 4.49. The number of benzene rings is 2. The zero-order chi connectivity index (χ0) is 17.2. The van der Waals surface area contributed by atoms with Crippen LogP contribution >= 0.6 is 0 Å². The van der Waals surface area contributed by atoms with Gasteiger partial charge in [-0.1, -0.05) is 24.3 Å². The van der Waals surface area contributed by atoms with Crippen molar-refractivity contribution in [2.75, 3.05) is 5.32 Å². The number of anilines is 1. The van der Waals surface area contributed by atoms with Gasteiger partial charge in [0.2, 0.25) is 0 Å². The van der Waals surface area contributed by atoms with E-state index < -0.39 is 0 Å².